The predicted octanol–water partition coefficient (Wildman–Crippen LogP) is 4.39. The van der Waals surface area contributed by atoms with Crippen molar-refractivity contribution in [3.05, 3.63) is 65.2 Å². The van der Waals surface area contributed by atoms with Gasteiger partial charge in [0.15, 0.2) is 0 Å². The van der Waals surface area contributed by atoms with Gasteiger partial charge in [-0.2, -0.15) is 0 Å². The molecule has 1 saturated heterocycles. The second-order valence-electron chi connectivity index (χ2n) is 7.45. The summed E-state index contributed by atoms with van der Waals surface area (Å²) in [7, 11) is 0. The van der Waals surface area contributed by atoms with Crippen molar-refractivity contribution < 1.29 is 9.53 Å². The Labute approximate surface area is 162 Å². The molecule has 144 valence electrons. The van der Waals surface area contributed by atoms with Gasteiger partial charge < -0.3 is 10.1 Å². The Kier molecular flexibility index (Phi) is 6.88. The number of nitrogens with zero attached hydrogens (tertiary/aromatic N) is 1. The molecule has 1 aliphatic heterocycles. The molecule has 2 aromatic rings. The van der Waals surface area contributed by atoms with Crippen molar-refractivity contribution >= 4 is 5.91 Å². The SMILES string of the molecule is CC(C)Oc1ccccc1C(=O)NCc1ccccc1CN1CCCCC1. The van der Waals surface area contributed by atoms with Gasteiger partial charge in [0.25, 0.3) is 5.91 Å². The minimum Gasteiger partial charge on any atom is -0.490 e. The van der Waals surface area contributed by atoms with Crippen LogP contribution in [0.2, 0.25) is 0 Å². The third-order valence-electron chi connectivity index (χ3n) is 4.89. The summed E-state index contributed by atoms with van der Waals surface area (Å²) in [6, 6.07) is 15.8. The third kappa shape index (κ3) is 5.57. The number of benzene rings is 2. The highest BCUT2D eigenvalue weighted by Crippen LogP contribution is 2.20. The van der Waals surface area contributed by atoms with Gasteiger partial charge in [0.2, 0.25) is 0 Å². The summed E-state index contributed by atoms with van der Waals surface area (Å²) in [5.74, 6) is 0.533. The van der Waals surface area contributed by atoms with Gasteiger partial charge in [-0.3, -0.25) is 9.69 Å². The van der Waals surface area contributed by atoms with E-state index in [2.05, 4.69) is 28.4 Å². The fourth-order valence-electron chi connectivity index (χ4n) is 3.52. The van der Waals surface area contributed by atoms with E-state index in [1.165, 1.54) is 43.5 Å². The highest BCUT2D eigenvalue weighted by atomic mass is 16.5. The van der Waals surface area contributed by atoms with Crippen LogP contribution < -0.4 is 10.1 Å². The summed E-state index contributed by atoms with van der Waals surface area (Å²) in [5.41, 5.74) is 3.06. The molecule has 3 rings (SSSR count). The molecule has 4 heteroatoms. The van der Waals surface area contributed by atoms with E-state index in [0.717, 1.165) is 6.54 Å². The predicted molar refractivity (Wildman–Crippen MR) is 109 cm³/mol. The van der Waals surface area contributed by atoms with Gasteiger partial charge in [-0.05, 0) is 63.0 Å². The van der Waals surface area contributed by atoms with Gasteiger partial charge in [-0.25, -0.2) is 0 Å². The summed E-state index contributed by atoms with van der Waals surface area (Å²) in [5, 5.41) is 3.07. The molecule has 1 amide bonds. The van der Waals surface area contributed by atoms with Crippen molar-refractivity contribution in [3.63, 3.8) is 0 Å². The molecule has 0 bridgehead atoms. The van der Waals surface area contributed by atoms with Gasteiger partial charge in [0, 0.05) is 13.1 Å². The van der Waals surface area contributed by atoms with Crippen LogP contribution in [0.4, 0.5) is 0 Å². The number of hydrogen-bond acceptors (Lipinski definition) is 3. The number of nitrogens with one attached hydrogen (secondary N) is 1. The lowest BCUT2D eigenvalue weighted by molar-refractivity contribution is 0.0945. The van der Waals surface area contributed by atoms with Crippen LogP contribution in [0, 0.1) is 0 Å². The van der Waals surface area contributed by atoms with Crippen molar-refractivity contribution in [3.8, 4) is 5.75 Å². The van der Waals surface area contributed by atoms with Crippen molar-refractivity contribution in [1.29, 1.82) is 0 Å². The maximum atomic E-state index is 12.7. The number of hydrogen-bond donors (Lipinski definition) is 1. The molecule has 27 heavy (non-hydrogen) atoms. The van der Waals surface area contributed by atoms with Crippen LogP contribution in [-0.2, 0) is 13.1 Å². The minimum atomic E-state index is -0.0981. The van der Waals surface area contributed by atoms with E-state index in [0.29, 0.717) is 17.9 Å². The molecule has 1 heterocycles. The average molecular weight is 367 g/mol. The number of amides is 1. The molecule has 1 aliphatic rings. The lowest BCUT2D eigenvalue weighted by Gasteiger charge is -2.27. The summed E-state index contributed by atoms with van der Waals surface area (Å²) >= 11 is 0. The highest BCUT2D eigenvalue weighted by molar-refractivity contribution is 5.96. The zero-order valence-corrected chi connectivity index (χ0v) is 16.4. The molecule has 0 radical (unpaired) electrons. The molecule has 0 saturated carbocycles. The number of ether oxygens (including phenoxy) is 1. The van der Waals surface area contributed by atoms with Crippen LogP contribution in [0.15, 0.2) is 48.5 Å². The standard InChI is InChI=1S/C23H30N2O2/c1-18(2)27-22-13-7-6-12-21(22)23(26)24-16-19-10-4-5-11-20(19)17-25-14-8-3-9-15-25/h4-7,10-13,18H,3,8-9,14-17H2,1-2H3,(H,24,26). The van der Waals surface area contributed by atoms with Crippen LogP contribution in [0.1, 0.15) is 54.6 Å². The van der Waals surface area contributed by atoms with Crippen LogP contribution in [0.5, 0.6) is 5.75 Å². The van der Waals surface area contributed by atoms with E-state index < -0.39 is 0 Å². The fourth-order valence-corrected chi connectivity index (χ4v) is 3.52. The number of rotatable bonds is 7. The zero-order chi connectivity index (χ0) is 19.1. The second kappa shape index (κ2) is 9.56. The Balaban J connectivity index is 1.66. The number of likely N-dealkylation sites (tertiary alicyclic amines) is 1. The maximum Gasteiger partial charge on any atom is 0.255 e. The smallest absolute Gasteiger partial charge is 0.255 e. The van der Waals surface area contributed by atoms with Crippen molar-refractivity contribution in [2.24, 2.45) is 0 Å². The molecule has 4 nitrogen and oxygen atoms in total. The second-order valence-corrected chi connectivity index (χ2v) is 7.45. The van der Waals surface area contributed by atoms with E-state index in [4.69, 9.17) is 4.74 Å². The van der Waals surface area contributed by atoms with E-state index in [9.17, 15) is 4.79 Å². The van der Waals surface area contributed by atoms with Crippen LogP contribution in [0.3, 0.4) is 0 Å². The lowest BCUT2D eigenvalue weighted by Crippen LogP contribution is -2.30. The number of piperidine rings is 1. The molecule has 1 N–H and O–H groups in total. The normalized spacial score (nSPS) is 14.9. The van der Waals surface area contributed by atoms with Crippen molar-refractivity contribution in [2.45, 2.75) is 52.3 Å². The number of carbonyl (C=O) groups excluding carboxylic acids is 1. The molecule has 0 aliphatic carbocycles. The molecular formula is C23H30N2O2. The highest BCUT2D eigenvalue weighted by Gasteiger charge is 2.15. The van der Waals surface area contributed by atoms with Crippen LogP contribution >= 0.6 is 0 Å². The molecule has 2 aromatic carbocycles. The van der Waals surface area contributed by atoms with Crippen molar-refractivity contribution in [2.75, 3.05) is 13.1 Å². The Hall–Kier alpha value is -2.33. The summed E-state index contributed by atoms with van der Waals surface area (Å²) in [4.78, 5) is 15.2. The first kappa shape index (κ1) is 19.4. The van der Waals surface area contributed by atoms with E-state index in [-0.39, 0.29) is 12.0 Å². The topological polar surface area (TPSA) is 41.6 Å². The van der Waals surface area contributed by atoms with Gasteiger partial charge in [0.1, 0.15) is 5.75 Å². The average Bonchev–Trinajstić information content (AvgIpc) is 2.68. The Bertz CT molecular complexity index is 752. The Morgan fingerprint density at radius 3 is 2.41 bits per heavy atom. The minimum absolute atomic E-state index is 0.0317. The molecule has 0 atom stereocenters. The van der Waals surface area contributed by atoms with E-state index in [1.54, 1.807) is 0 Å². The Morgan fingerprint density at radius 1 is 1.00 bits per heavy atom. The third-order valence-corrected chi connectivity index (χ3v) is 4.89. The largest absolute Gasteiger partial charge is 0.490 e. The molecule has 0 unspecified atom stereocenters. The lowest BCUT2D eigenvalue weighted by atomic mass is 10.0. The van der Waals surface area contributed by atoms with Crippen molar-refractivity contribution in [1.82, 2.24) is 10.2 Å². The van der Waals surface area contributed by atoms with Crippen LogP contribution in [-0.4, -0.2) is 30.0 Å². The maximum absolute atomic E-state index is 12.7. The van der Waals surface area contributed by atoms with E-state index in [1.807, 2.05) is 44.2 Å². The monoisotopic (exact) mass is 366 g/mol. The zero-order valence-electron chi connectivity index (χ0n) is 16.4. The summed E-state index contributed by atoms with van der Waals surface area (Å²) in [6.45, 7) is 7.75. The number of para-hydroxylation sites is 1. The molecule has 1 fully saturated rings. The quantitative estimate of drug-likeness (QED) is 0.790. The summed E-state index contributed by atoms with van der Waals surface area (Å²) < 4.78 is 5.78. The van der Waals surface area contributed by atoms with Gasteiger partial charge in [0.05, 0.1) is 11.7 Å². The van der Waals surface area contributed by atoms with Gasteiger partial charge in [-0.1, -0.05) is 42.8 Å². The first-order valence-electron chi connectivity index (χ1n) is 9.96. The molecule has 0 aromatic heterocycles. The van der Waals surface area contributed by atoms with Gasteiger partial charge in [-0.15, -0.1) is 0 Å². The fraction of sp³-hybridized carbons (Fsp3) is 0.435. The van der Waals surface area contributed by atoms with Gasteiger partial charge >= 0.3 is 0 Å². The molecule has 0 spiro atoms. The van der Waals surface area contributed by atoms with E-state index >= 15 is 0 Å². The summed E-state index contributed by atoms with van der Waals surface area (Å²) in [6.07, 6.45) is 3.94. The Morgan fingerprint density at radius 2 is 1.67 bits per heavy atom. The number of carbonyl (C=O) groups is 1. The van der Waals surface area contributed by atoms with Crippen LogP contribution in [0.25, 0.3) is 0 Å². The first-order valence-corrected chi connectivity index (χ1v) is 9.96. The molecular weight excluding hydrogens is 336 g/mol. The first-order chi connectivity index (χ1) is 13.1.